The Kier molecular flexibility index (Phi) is 2.56. The molecule has 0 saturated heterocycles. The molecule has 2 aromatic heterocycles. The zero-order valence-corrected chi connectivity index (χ0v) is 11.0. The highest BCUT2D eigenvalue weighted by Gasteiger charge is 2.46. The zero-order chi connectivity index (χ0) is 11.9. The third-order valence-electron chi connectivity index (χ3n) is 3.55. The number of nitrogens with zero attached hydrogens (tertiary/aromatic N) is 1. The van der Waals surface area contributed by atoms with Crippen molar-refractivity contribution in [2.24, 2.45) is 0 Å². The molecule has 2 aromatic rings. The Bertz CT molecular complexity index is 522. The molecule has 0 spiro atoms. The van der Waals surface area contributed by atoms with Crippen molar-refractivity contribution in [1.82, 2.24) is 15.3 Å². The average Bonchev–Trinajstić information content (AvgIpc) is 2.77. The van der Waals surface area contributed by atoms with E-state index < -0.39 is 0 Å². The second-order valence-electron chi connectivity index (χ2n) is 4.89. The van der Waals surface area contributed by atoms with Crippen LogP contribution in [0.4, 0.5) is 0 Å². The highest BCUT2D eigenvalue weighted by molar-refractivity contribution is 7.13. The van der Waals surface area contributed by atoms with Gasteiger partial charge in [0.05, 0.1) is 16.8 Å². The fraction of sp³-hybridized carbons (Fsp3) is 0.462. The smallest absolute Gasteiger partial charge is 0.114 e. The minimum atomic E-state index is 0.276. The van der Waals surface area contributed by atoms with Gasteiger partial charge in [-0.05, 0) is 43.8 Å². The number of hydrogen-bond acceptors (Lipinski definition) is 3. The van der Waals surface area contributed by atoms with E-state index in [4.69, 9.17) is 0 Å². The number of likely N-dealkylation sites (N-methyl/N-ethyl adjacent to an activating group) is 1. The number of aromatic nitrogens is 2. The van der Waals surface area contributed by atoms with Gasteiger partial charge in [-0.3, -0.25) is 0 Å². The number of rotatable bonds is 4. The first-order valence-corrected chi connectivity index (χ1v) is 6.88. The van der Waals surface area contributed by atoms with Crippen LogP contribution in [0.2, 0.25) is 0 Å². The summed E-state index contributed by atoms with van der Waals surface area (Å²) >= 11 is 1.77. The van der Waals surface area contributed by atoms with E-state index in [2.05, 4.69) is 33.7 Å². The standard InChI is InChI=1S/C13H17N3S/c1-9-3-6-17-11(9)10-7-15-12(16-10)13(4-5-13)8-14-2/h3,6-7,14H,4-5,8H2,1-2H3,(H,15,16). The van der Waals surface area contributed by atoms with E-state index in [1.54, 1.807) is 11.3 Å². The lowest BCUT2D eigenvalue weighted by Gasteiger charge is -2.10. The third kappa shape index (κ3) is 1.81. The van der Waals surface area contributed by atoms with Crippen LogP contribution in [-0.2, 0) is 5.41 Å². The molecule has 0 bridgehead atoms. The molecule has 1 saturated carbocycles. The van der Waals surface area contributed by atoms with Crippen LogP contribution in [0.1, 0.15) is 24.2 Å². The fourth-order valence-corrected chi connectivity index (χ4v) is 3.23. The van der Waals surface area contributed by atoms with Crippen molar-refractivity contribution >= 4 is 11.3 Å². The molecule has 3 nitrogen and oxygen atoms in total. The Morgan fingerprint density at radius 1 is 1.53 bits per heavy atom. The van der Waals surface area contributed by atoms with Gasteiger partial charge >= 0.3 is 0 Å². The molecular formula is C13H17N3S. The van der Waals surface area contributed by atoms with Crippen molar-refractivity contribution in [2.45, 2.75) is 25.2 Å². The molecule has 0 atom stereocenters. The van der Waals surface area contributed by atoms with E-state index in [1.165, 1.54) is 23.3 Å². The number of H-pyrrole nitrogens is 1. The second kappa shape index (κ2) is 3.96. The zero-order valence-electron chi connectivity index (χ0n) is 10.2. The monoisotopic (exact) mass is 247 g/mol. The SMILES string of the molecule is CNCC1(c2ncc(-c3sccc3C)[nH]2)CC1. The van der Waals surface area contributed by atoms with Crippen molar-refractivity contribution in [1.29, 1.82) is 0 Å². The average molecular weight is 247 g/mol. The summed E-state index contributed by atoms with van der Waals surface area (Å²) in [5, 5.41) is 5.40. The van der Waals surface area contributed by atoms with E-state index in [0.717, 1.165) is 18.1 Å². The number of aromatic amines is 1. The molecule has 1 fully saturated rings. The molecule has 0 radical (unpaired) electrons. The Balaban J connectivity index is 1.91. The predicted molar refractivity (Wildman–Crippen MR) is 71.5 cm³/mol. The van der Waals surface area contributed by atoms with Crippen LogP contribution in [0.25, 0.3) is 10.6 Å². The Morgan fingerprint density at radius 3 is 2.94 bits per heavy atom. The molecule has 2 N–H and O–H groups in total. The summed E-state index contributed by atoms with van der Waals surface area (Å²) in [6.07, 6.45) is 4.46. The third-order valence-corrected chi connectivity index (χ3v) is 4.60. The van der Waals surface area contributed by atoms with Crippen LogP contribution in [0.15, 0.2) is 17.6 Å². The summed E-state index contributed by atoms with van der Waals surface area (Å²) in [6, 6.07) is 2.15. The summed E-state index contributed by atoms with van der Waals surface area (Å²) in [7, 11) is 2.01. The van der Waals surface area contributed by atoms with Crippen LogP contribution >= 0.6 is 11.3 Å². The molecule has 2 heterocycles. The maximum Gasteiger partial charge on any atom is 0.114 e. The van der Waals surface area contributed by atoms with E-state index in [-0.39, 0.29) is 5.41 Å². The van der Waals surface area contributed by atoms with Crippen LogP contribution < -0.4 is 5.32 Å². The van der Waals surface area contributed by atoms with Crippen LogP contribution in [0.3, 0.4) is 0 Å². The molecule has 0 aliphatic heterocycles. The van der Waals surface area contributed by atoms with Crippen molar-refractivity contribution in [2.75, 3.05) is 13.6 Å². The van der Waals surface area contributed by atoms with Gasteiger partial charge in [0.2, 0.25) is 0 Å². The molecule has 1 aliphatic carbocycles. The molecule has 0 aromatic carbocycles. The number of hydrogen-bond donors (Lipinski definition) is 2. The summed E-state index contributed by atoms with van der Waals surface area (Å²) in [5.41, 5.74) is 2.76. The molecule has 0 unspecified atom stereocenters. The molecule has 90 valence electrons. The van der Waals surface area contributed by atoms with Crippen LogP contribution in [0, 0.1) is 6.92 Å². The van der Waals surface area contributed by atoms with Gasteiger partial charge in [0.25, 0.3) is 0 Å². The van der Waals surface area contributed by atoms with Gasteiger partial charge in [-0.15, -0.1) is 11.3 Å². The van der Waals surface area contributed by atoms with Crippen LogP contribution in [0.5, 0.6) is 0 Å². The minimum absolute atomic E-state index is 0.276. The predicted octanol–water partition coefficient (Wildman–Crippen LogP) is 2.70. The van der Waals surface area contributed by atoms with E-state index >= 15 is 0 Å². The van der Waals surface area contributed by atoms with Gasteiger partial charge in [-0.25, -0.2) is 4.98 Å². The van der Waals surface area contributed by atoms with E-state index in [1.807, 2.05) is 13.2 Å². The van der Waals surface area contributed by atoms with Crippen molar-refractivity contribution in [3.63, 3.8) is 0 Å². The van der Waals surface area contributed by atoms with Gasteiger partial charge in [0.15, 0.2) is 0 Å². The molecule has 3 rings (SSSR count). The number of thiophene rings is 1. The topological polar surface area (TPSA) is 40.7 Å². The Hall–Kier alpha value is -1.13. The van der Waals surface area contributed by atoms with E-state index in [0.29, 0.717) is 0 Å². The second-order valence-corrected chi connectivity index (χ2v) is 5.80. The molecule has 1 aliphatic rings. The lowest BCUT2D eigenvalue weighted by molar-refractivity contribution is 0.594. The number of aryl methyl sites for hydroxylation is 1. The van der Waals surface area contributed by atoms with Gasteiger partial charge in [-0.2, -0.15) is 0 Å². The van der Waals surface area contributed by atoms with Gasteiger partial charge in [0.1, 0.15) is 5.82 Å². The highest BCUT2D eigenvalue weighted by Crippen LogP contribution is 2.46. The van der Waals surface area contributed by atoms with Gasteiger partial charge in [-0.1, -0.05) is 0 Å². The Labute approximate surface area is 105 Å². The van der Waals surface area contributed by atoms with Gasteiger partial charge < -0.3 is 10.3 Å². The maximum absolute atomic E-state index is 4.58. The largest absolute Gasteiger partial charge is 0.341 e. The maximum atomic E-state index is 4.58. The summed E-state index contributed by atoms with van der Waals surface area (Å²) in [6.45, 7) is 3.16. The first-order chi connectivity index (χ1) is 8.25. The first kappa shape index (κ1) is 11.0. The minimum Gasteiger partial charge on any atom is -0.341 e. The normalized spacial score (nSPS) is 17.3. The summed E-state index contributed by atoms with van der Waals surface area (Å²) < 4.78 is 0. The summed E-state index contributed by atoms with van der Waals surface area (Å²) in [5.74, 6) is 1.15. The van der Waals surface area contributed by atoms with Crippen LogP contribution in [-0.4, -0.2) is 23.6 Å². The fourth-order valence-electron chi connectivity index (χ4n) is 2.34. The summed E-state index contributed by atoms with van der Waals surface area (Å²) in [4.78, 5) is 9.39. The Morgan fingerprint density at radius 2 is 2.35 bits per heavy atom. The molecular weight excluding hydrogens is 230 g/mol. The lowest BCUT2D eigenvalue weighted by atomic mass is 10.1. The molecule has 4 heteroatoms. The van der Waals surface area contributed by atoms with Crippen molar-refractivity contribution in [3.05, 3.63) is 29.0 Å². The lowest BCUT2D eigenvalue weighted by Crippen LogP contribution is -2.24. The van der Waals surface area contributed by atoms with Gasteiger partial charge in [0, 0.05) is 12.0 Å². The quantitative estimate of drug-likeness (QED) is 0.872. The molecule has 0 amide bonds. The van der Waals surface area contributed by atoms with Crippen molar-refractivity contribution < 1.29 is 0 Å². The van der Waals surface area contributed by atoms with E-state index in [9.17, 15) is 0 Å². The first-order valence-electron chi connectivity index (χ1n) is 6.00. The number of imidazole rings is 1. The molecule has 17 heavy (non-hydrogen) atoms. The number of nitrogens with one attached hydrogen (secondary N) is 2. The highest BCUT2D eigenvalue weighted by atomic mass is 32.1. The van der Waals surface area contributed by atoms with Crippen molar-refractivity contribution in [3.8, 4) is 10.6 Å².